The summed E-state index contributed by atoms with van der Waals surface area (Å²) in [6.45, 7) is 1.12. The highest BCUT2D eigenvalue weighted by molar-refractivity contribution is 14.0. The lowest BCUT2D eigenvalue weighted by molar-refractivity contribution is 0.476. The third-order valence-corrected chi connectivity index (χ3v) is 3.44. The molecule has 0 saturated carbocycles. The number of nitrogens with zero attached hydrogens (tertiary/aromatic N) is 4. The maximum atomic E-state index is 13.6. The molecule has 0 radical (unpaired) electrons. The average molecular weight is 449 g/mol. The van der Waals surface area contributed by atoms with E-state index in [1.807, 2.05) is 25.2 Å². The second kappa shape index (κ2) is 9.55. The van der Waals surface area contributed by atoms with Crippen LogP contribution in [-0.4, -0.2) is 41.3 Å². The van der Waals surface area contributed by atoms with E-state index in [1.165, 1.54) is 6.07 Å². The summed E-state index contributed by atoms with van der Waals surface area (Å²) in [6, 6.07) is 3.49. The fraction of sp³-hybridized carbons (Fsp3) is 0.375. The highest BCUT2D eigenvalue weighted by Gasteiger charge is 2.09. The zero-order valence-corrected chi connectivity index (χ0v) is 16.3. The molecular formula is C16H22F2IN5. The van der Waals surface area contributed by atoms with Gasteiger partial charge in [-0.1, -0.05) is 0 Å². The second-order valence-electron chi connectivity index (χ2n) is 5.34. The molecule has 0 bridgehead atoms. The molecule has 0 amide bonds. The normalized spacial score (nSPS) is 11.1. The first-order chi connectivity index (χ1) is 11.0. The number of aromatic nitrogens is 2. The van der Waals surface area contributed by atoms with Gasteiger partial charge in [-0.3, -0.25) is 9.67 Å². The number of hydrogen-bond acceptors (Lipinski definition) is 2. The molecule has 5 nitrogen and oxygen atoms in total. The Kier molecular flexibility index (Phi) is 8.09. The Morgan fingerprint density at radius 3 is 2.75 bits per heavy atom. The van der Waals surface area contributed by atoms with Crippen LogP contribution >= 0.6 is 24.0 Å². The third-order valence-electron chi connectivity index (χ3n) is 3.44. The highest BCUT2D eigenvalue weighted by Crippen LogP contribution is 2.10. The minimum atomic E-state index is -0.431. The van der Waals surface area contributed by atoms with Crippen molar-refractivity contribution in [1.29, 1.82) is 0 Å². The number of guanidine groups is 1. The SMILES string of the molecule is CN=C(NCCc1cc(F)ccc1F)N(C)Cc1cnn(C)c1.I. The van der Waals surface area contributed by atoms with Crippen molar-refractivity contribution < 1.29 is 8.78 Å². The maximum Gasteiger partial charge on any atom is 0.193 e. The molecule has 0 fully saturated rings. The average Bonchev–Trinajstić information content (AvgIpc) is 2.92. The van der Waals surface area contributed by atoms with Crippen LogP contribution in [0.4, 0.5) is 8.78 Å². The largest absolute Gasteiger partial charge is 0.356 e. The number of nitrogens with one attached hydrogen (secondary N) is 1. The van der Waals surface area contributed by atoms with Crippen molar-refractivity contribution >= 4 is 29.9 Å². The van der Waals surface area contributed by atoms with Gasteiger partial charge in [0.2, 0.25) is 0 Å². The van der Waals surface area contributed by atoms with Gasteiger partial charge < -0.3 is 10.2 Å². The zero-order valence-electron chi connectivity index (χ0n) is 14.0. The molecule has 2 rings (SSSR count). The Morgan fingerprint density at radius 1 is 1.38 bits per heavy atom. The summed E-state index contributed by atoms with van der Waals surface area (Å²) in [5, 5.41) is 7.28. The summed E-state index contributed by atoms with van der Waals surface area (Å²) in [7, 11) is 5.46. The summed E-state index contributed by atoms with van der Waals surface area (Å²) in [5.41, 5.74) is 1.41. The lowest BCUT2D eigenvalue weighted by Gasteiger charge is -2.21. The number of rotatable bonds is 5. The summed E-state index contributed by atoms with van der Waals surface area (Å²) in [5.74, 6) is -0.142. The Hall–Kier alpha value is -1.71. The van der Waals surface area contributed by atoms with Gasteiger partial charge in [-0.25, -0.2) is 8.78 Å². The van der Waals surface area contributed by atoms with E-state index in [2.05, 4.69) is 15.4 Å². The Bertz CT molecular complexity index is 687. The van der Waals surface area contributed by atoms with Crippen molar-refractivity contribution in [2.45, 2.75) is 13.0 Å². The Morgan fingerprint density at radius 2 is 2.12 bits per heavy atom. The zero-order chi connectivity index (χ0) is 16.8. The monoisotopic (exact) mass is 449 g/mol. The quantitative estimate of drug-likeness (QED) is 0.434. The van der Waals surface area contributed by atoms with Crippen molar-refractivity contribution in [2.75, 3.05) is 20.6 Å². The predicted octanol–water partition coefficient (Wildman–Crippen LogP) is 2.57. The number of aliphatic imine (C=N–C) groups is 1. The van der Waals surface area contributed by atoms with Crippen LogP contribution in [-0.2, 0) is 20.0 Å². The first-order valence-electron chi connectivity index (χ1n) is 7.33. The molecule has 2 aromatic rings. The van der Waals surface area contributed by atoms with E-state index < -0.39 is 11.6 Å². The molecule has 1 N–H and O–H groups in total. The molecule has 0 unspecified atom stereocenters. The van der Waals surface area contributed by atoms with Gasteiger partial charge in [-0.2, -0.15) is 5.10 Å². The van der Waals surface area contributed by atoms with Crippen LogP contribution in [0.2, 0.25) is 0 Å². The van der Waals surface area contributed by atoms with E-state index >= 15 is 0 Å². The molecule has 132 valence electrons. The van der Waals surface area contributed by atoms with Crippen molar-refractivity contribution in [3.05, 3.63) is 53.4 Å². The smallest absolute Gasteiger partial charge is 0.193 e. The Labute approximate surface area is 157 Å². The van der Waals surface area contributed by atoms with E-state index in [1.54, 1.807) is 17.9 Å². The van der Waals surface area contributed by atoms with E-state index in [-0.39, 0.29) is 24.0 Å². The van der Waals surface area contributed by atoms with Gasteiger partial charge in [0.15, 0.2) is 5.96 Å². The molecule has 8 heteroatoms. The van der Waals surface area contributed by atoms with Crippen molar-refractivity contribution in [1.82, 2.24) is 20.0 Å². The van der Waals surface area contributed by atoms with E-state index in [0.717, 1.165) is 17.7 Å². The van der Waals surface area contributed by atoms with Gasteiger partial charge in [0, 0.05) is 46.0 Å². The van der Waals surface area contributed by atoms with Crippen molar-refractivity contribution in [3.8, 4) is 0 Å². The van der Waals surface area contributed by atoms with Crippen LogP contribution in [0.25, 0.3) is 0 Å². The molecule has 0 aliphatic carbocycles. The van der Waals surface area contributed by atoms with E-state index in [9.17, 15) is 8.78 Å². The molecule has 1 heterocycles. The molecule has 0 aliphatic heterocycles. The molecule has 1 aromatic heterocycles. The van der Waals surface area contributed by atoms with Crippen LogP contribution < -0.4 is 5.32 Å². The number of aryl methyl sites for hydroxylation is 1. The maximum absolute atomic E-state index is 13.6. The number of benzene rings is 1. The van der Waals surface area contributed by atoms with Gasteiger partial charge in [0.25, 0.3) is 0 Å². The minimum absolute atomic E-state index is 0. The van der Waals surface area contributed by atoms with Crippen molar-refractivity contribution in [3.63, 3.8) is 0 Å². The first kappa shape index (κ1) is 20.3. The molecular weight excluding hydrogens is 427 g/mol. The van der Waals surface area contributed by atoms with Crippen LogP contribution in [0.15, 0.2) is 35.6 Å². The summed E-state index contributed by atoms with van der Waals surface area (Å²) < 4.78 is 28.5. The predicted molar refractivity (Wildman–Crippen MR) is 102 cm³/mol. The van der Waals surface area contributed by atoms with Crippen LogP contribution in [0.1, 0.15) is 11.1 Å². The fourth-order valence-electron chi connectivity index (χ4n) is 2.33. The molecule has 0 saturated heterocycles. The summed E-state index contributed by atoms with van der Waals surface area (Å²) >= 11 is 0. The standard InChI is InChI=1S/C16H21F2N5.HI/c1-19-16(22(2)10-12-9-21-23(3)11-12)20-7-6-13-8-14(17)4-5-15(13)18;/h4-5,8-9,11H,6-7,10H2,1-3H3,(H,19,20);1H. The molecule has 1 aromatic carbocycles. The fourth-order valence-corrected chi connectivity index (χ4v) is 2.33. The molecule has 0 aliphatic rings. The first-order valence-corrected chi connectivity index (χ1v) is 7.33. The highest BCUT2D eigenvalue weighted by atomic mass is 127. The van der Waals surface area contributed by atoms with Gasteiger partial charge in [0.05, 0.1) is 6.20 Å². The van der Waals surface area contributed by atoms with Gasteiger partial charge in [-0.05, 0) is 30.2 Å². The van der Waals surface area contributed by atoms with E-state index in [4.69, 9.17) is 0 Å². The van der Waals surface area contributed by atoms with Crippen LogP contribution in [0.5, 0.6) is 0 Å². The van der Waals surface area contributed by atoms with Crippen molar-refractivity contribution in [2.24, 2.45) is 12.0 Å². The lowest BCUT2D eigenvalue weighted by Crippen LogP contribution is -2.39. The summed E-state index contributed by atoms with van der Waals surface area (Å²) in [4.78, 5) is 6.14. The lowest BCUT2D eigenvalue weighted by atomic mass is 10.1. The molecule has 0 spiro atoms. The van der Waals surface area contributed by atoms with Gasteiger partial charge in [0.1, 0.15) is 11.6 Å². The molecule has 24 heavy (non-hydrogen) atoms. The van der Waals surface area contributed by atoms with E-state index in [0.29, 0.717) is 31.0 Å². The van der Waals surface area contributed by atoms with Gasteiger partial charge in [-0.15, -0.1) is 24.0 Å². The topological polar surface area (TPSA) is 45.5 Å². The summed E-state index contributed by atoms with van der Waals surface area (Å²) in [6.07, 6.45) is 4.11. The van der Waals surface area contributed by atoms with Gasteiger partial charge >= 0.3 is 0 Å². The minimum Gasteiger partial charge on any atom is -0.356 e. The second-order valence-corrected chi connectivity index (χ2v) is 5.34. The third kappa shape index (κ3) is 5.73. The number of halogens is 3. The number of hydrogen-bond donors (Lipinski definition) is 1. The van der Waals surface area contributed by atoms with Crippen LogP contribution in [0, 0.1) is 11.6 Å². The molecule has 0 atom stereocenters. The van der Waals surface area contributed by atoms with Crippen LogP contribution in [0.3, 0.4) is 0 Å². The Balaban J connectivity index is 0.00000288.